The summed E-state index contributed by atoms with van der Waals surface area (Å²) >= 11 is 1.89. The van der Waals surface area contributed by atoms with Gasteiger partial charge < -0.3 is 19.9 Å². The van der Waals surface area contributed by atoms with Gasteiger partial charge in [-0.3, -0.25) is 0 Å². The lowest BCUT2D eigenvalue weighted by molar-refractivity contribution is 0.113. The maximum atomic E-state index is 5.79. The molecule has 0 radical (unpaired) electrons. The molecule has 1 aliphatic heterocycles. The lowest BCUT2D eigenvalue weighted by atomic mass is 9.73. The van der Waals surface area contributed by atoms with Crippen LogP contribution in [-0.2, 0) is 23.7 Å². The second-order valence-electron chi connectivity index (χ2n) is 8.58. The Labute approximate surface area is 206 Å². The van der Waals surface area contributed by atoms with Crippen LogP contribution in [0.15, 0.2) is 22.5 Å². The van der Waals surface area contributed by atoms with Crippen LogP contribution in [0.25, 0.3) is 0 Å². The molecule has 9 heteroatoms. The quantitative estimate of drug-likeness (QED) is 0.306. The van der Waals surface area contributed by atoms with Crippen molar-refractivity contribution in [3.63, 3.8) is 0 Å². The first-order valence-electron chi connectivity index (χ1n) is 11.2. The van der Waals surface area contributed by atoms with E-state index in [1.807, 2.05) is 29.9 Å². The van der Waals surface area contributed by atoms with Gasteiger partial charge in [-0.2, -0.15) is 0 Å². The van der Waals surface area contributed by atoms with E-state index in [4.69, 9.17) is 9.73 Å². The van der Waals surface area contributed by atoms with Gasteiger partial charge >= 0.3 is 0 Å². The van der Waals surface area contributed by atoms with E-state index >= 15 is 0 Å². The van der Waals surface area contributed by atoms with Gasteiger partial charge in [0.25, 0.3) is 0 Å². The van der Waals surface area contributed by atoms with Gasteiger partial charge in [0.2, 0.25) is 0 Å². The number of rotatable bonds is 7. The van der Waals surface area contributed by atoms with Crippen LogP contribution < -0.4 is 10.6 Å². The van der Waals surface area contributed by atoms with Crippen LogP contribution in [0.4, 0.5) is 0 Å². The third kappa shape index (κ3) is 6.19. The summed E-state index contributed by atoms with van der Waals surface area (Å²) in [5, 5.41) is 17.8. The van der Waals surface area contributed by atoms with Crippen molar-refractivity contribution in [3.8, 4) is 0 Å². The fourth-order valence-electron chi connectivity index (χ4n) is 4.50. The molecule has 3 heterocycles. The predicted molar refractivity (Wildman–Crippen MR) is 136 cm³/mol. The molecule has 0 aromatic carbocycles. The minimum atomic E-state index is 0. The Bertz CT molecular complexity index is 825. The Balaban J connectivity index is 0.00000272. The summed E-state index contributed by atoms with van der Waals surface area (Å²) in [7, 11) is 1.99. The van der Waals surface area contributed by atoms with E-state index in [1.54, 1.807) is 0 Å². The SMILES string of the molecule is Cc1nnc(CN=C(NCC2CCCO2)NCC2(c3cccs3)CCCCC2)n1C.I. The molecular weight excluding hydrogens is 523 g/mol. The fourth-order valence-corrected chi connectivity index (χ4v) is 5.49. The maximum Gasteiger partial charge on any atom is 0.191 e. The van der Waals surface area contributed by atoms with Crippen molar-refractivity contribution in [2.45, 2.75) is 69.9 Å². The van der Waals surface area contributed by atoms with E-state index in [9.17, 15) is 0 Å². The zero-order valence-electron chi connectivity index (χ0n) is 18.6. The first-order chi connectivity index (χ1) is 14.7. The number of halogens is 1. The minimum Gasteiger partial charge on any atom is -0.376 e. The van der Waals surface area contributed by atoms with E-state index in [0.717, 1.165) is 50.1 Å². The number of thiophene rings is 1. The van der Waals surface area contributed by atoms with Crippen molar-refractivity contribution in [1.29, 1.82) is 0 Å². The third-order valence-electron chi connectivity index (χ3n) is 6.53. The number of aromatic nitrogens is 3. The van der Waals surface area contributed by atoms with Crippen LogP contribution in [0.2, 0.25) is 0 Å². The van der Waals surface area contributed by atoms with Crippen LogP contribution in [-0.4, -0.2) is 46.5 Å². The molecule has 2 aromatic rings. The molecule has 0 bridgehead atoms. The van der Waals surface area contributed by atoms with Crippen LogP contribution in [0.3, 0.4) is 0 Å². The number of nitrogens with zero attached hydrogens (tertiary/aromatic N) is 4. The molecule has 2 aromatic heterocycles. The summed E-state index contributed by atoms with van der Waals surface area (Å²) in [4.78, 5) is 6.34. The number of ether oxygens (including phenoxy) is 1. The van der Waals surface area contributed by atoms with Gasteiger partial charge in [-0.25, -0.2) is 4.99 Å². The molecule has 2 fully saturated rings. The van der Waals surface area contributed by atoms with Crippen molar-refractivity contribution in [2.75, 3.05) is 19.7 Å². The van der Waals surface area contributed by atoms with Crippen LogP contribution in [0, 0.1) is 6.92 Å². The van der Waals surface area contributed by atoms with Crippen molar-refractivity contribution in [3.05, 3.63) is 34.0 Å². The summed E-state index contributed by atoms with van der Waals surface area (Å²) in [5.41, 5.74) is 0.208. The first kappa shape index (κ1) is 24.4. The van der Waals surface area contributed by atoms with E-state index in [1.165, 1.54) is 37.0 Å². The molecule has 31 heavy (non-hydrogen) atoms. The predicted octanol–water partition coefficient (Wildman–Crippen LogP) is 3.92. The van der Waals surface area contributed by atoms with Gasteiger partial charge in [0.15, 0.2) is 11.8 Å². The topological polar surface area (TPSA) is 76.4 Å². The van der Waals surface area contributed by atoms with Crippen LogP contribution >= 0.6 is 35.3 Å². The number of aryl methyl sites for hydroxylation is 1. The van der Waals surface area contributed by atoms with E-state index in [0.29, 0.717) is 6.54 Å². The van der Waals surface area contributed by atoms with Crippen LogP contribution in [0.1, 0.15) is 61.5 Å². The zero-order chi connectivity index (χ0) is 20.8. The summed E-state index contributed by atoms with van der Waals surface area (Å²) in [6, 6.07) is 4.48. The van der Waals surface area contributed by atoms with Crippen LogP contribution in [0.5, 0.6) is 0 Å². The largest absolute Gasteiger partial charge is 0.376 e. The summed E-state index contributed by atoms with van der Waals surface area (Å²) in [6.07, 6.45) is 8.95. The molecule has 2 N–H and O–H groups in total. The molecule has 172 valence electrons. The number of hydrogen-bond acceptors (Lipinski definition) is 5. The Hall–Kier alpha value is -1.20. The molecule has 7 nitrogen and oxygen atoms in total. The highest BCUT2D eigenvalue weighted by atomic mass is 127. The van der Waals surface area contributed by atoms with Gasteiger partial charge in [0.1, 0.15) is 12.4 Å². The Morgan fingerprint density at radius 3 is 2.74 bits per heavy atom. The van der Waals surface area contributed by atoms with E-state index in [-0.39, 0.29) is 35.5 Å². The smallest absolute Gasteiger partial charge is 0.191 e. The zero-order valence-corrected chi connectivity index (χ0v) is 21.7. The molecular formula is C22H35IN6OS. The lowest BCUT2D eigenvalue weighted by Gasteiger charge is -2.37. The monoisotopic (exact) mass is 558 g/mol. The van der Waals surface area contributed by atoms with Gasteiger partial charge in [0.05, 0.1) is 6.10 Å². The minimum absolute atomic E-state index is 0. The van der Waals surface area contributed by atoms with E-state index < -0.39 is 0 Å². The van der Waals surface area contributed by atoms with Crippen molar-refractivity contribution < 1.29 is 4.74 Å². The van der Waals surface area contributed by atoms with Gasteiger partial charge in [0, 0.05) is 37.0 Å². The van der Waals surface area contributed by atoms with Crippen molar-refractivity contribution >= 4 is 41.3 Å². The maximum absolute atomic E-state index is 5.79. The van der Waals surface area contributed by atoms with Gasteiger partial charge in [-0.1, -0.05) is 25.3 Å². The molecule has 4 rings (SSSR count). The molecule has 0 spiro atoms. The second kappa shape index (κ2) is 11.6. The average molecular weight is 559 g/mol. The number of nitrogens with one attached hydrogen (secondary N) is 2. The third-order valence-corrected chi connectivity index (χ3v) is 7.65. The molecule has 1 unspecified atom stereocenters. The second-order valence-corrected chi connectivity index (χ2v) is 9.52. The Morgan fingerprint density at radius 2 is 2.10 bits per heavy atom. The number of guanidine groups is 1. The fraction of sp³-hybridized carbons (Fsp3) is 0.682. The number of aliphatic imine (C=N–C) groups is 1. The highest BCUT2D eigenvalue weighted by molar-refractivity contribution is 14.0. The summed E-state index contributed by atoms with van der Waals surface area (Å²) in [6.45, 7) is 5.03. The number of hydrogen-bond donors (Lipinski definition) is 2. The molecule has 1 aliphatic carbocycles. The lowest BCUT2D eigenvalue weighted by Crippen LogP contribution is -2.47. The van der Waals surface area contributed by atoms with E-state index in [2.05, 4.69) is 38.3 Å². The average Bonchev–Trinajstić information content (AvgIpc) is 3.53. The Kier molecular flexibility index (Phi) is 9.15. The highest BCUT2D eigenvalue weighted by Gasteiger charge is 2.35. The van der Waals surface area contributed by atoms with Gasteiger partial charge in [-0.15, -0.1) is 45.5 Å². The van der Waals surface area contributed by atoms with Gasteiger partial charge in [-0.05, 0) is 44.1 Å². The normalized spacial score (nSPS) is 21.0. The molecule has 1 atom stereocenters. The van der Waals surface area contributed by atoms with Crippen molar-refractivity contribution in [1.82, 2.24) is 25.4 Å². The molecule has 0 amide bonds. The first-order valence-corrected chi connectivity index (χ1v) is 12.1. The summed E-state index contributed by atoms with van der Waals surface area (Å²) < 4.78 is 7.79. The van der Waals surface area contributed by atoms with Crippen molar-refractivity contribution in [2.24, 2.45) is 12.0 Å². The molecule has 1 saturated carbocycles. The molecule has 1 saturated heterocycles. The summed E-state index contributed by atoms with van der Waals surface area (Å²) in [5.74, 6) is 2.62. The Morgan fingerprint density at radius 1 is 1.26 bits per heavy atom. The highest BCUT2D eigenvalue weighted by Crippen LogP contribution is 2.41. The standard InChI is InChI=1S/C22H34N6OS.HI/c1-17-26-27-20(28(17)2)15-24-21(23-14-18-8-6-12-29-18)25-16-22(10-4-3-5-11-22)19-9-7-13-30-19;/h7,9,13,18H,3-6,8,10-12,14-16H2,1-2H3,(H2,23,24,25);1H. The molecule has 2 aliphatic rings.